The Bertz CT molecular complexity index is 824. The van der Waals surface area contributed by atoms with Crippen molar-refractivity contribution in [1.82, 2.24) is 15.1 Å². The Hall–Kier alpha value is -3.10. The van der Waals surface area contributed by atoms with Crippen LogP contribution in [0.15, 0.2) is 24.3 Å². The number of nitrogens with zero attached hydrogens (tertiary/aromatic N) is 2. The number of piperazine rings is 1. The lowest BCUT2D eigenvalue weighted by molar-refractivity contribution is -0.152. The highest BCUT2D eigenvalue weighted by Crippen LogP contribution is 2.15. The summed E-state index contributed by atoms with van der Waals surface area (Å²) in [4.78, 5) is 52.0. The third-order valence-corrected chi connectivity index (χ3v) is 5.09. The molecule has 176 valence electrons. The first-order valence-electron chi connectivity index (χ1n) is 10.9. The highest BCUT2D eigenvalue weighted by Gasteiger charge is 2.35. The van der Waals surface area contributed by atoms with Gasteiger partial charge in [-0.2, -0.15) is 0 Å². The monoisotopic (exact) mass is 446 g/mol. The van der Waals surface area contributed by atoms with Crippen molar-refractivity contribution >= 4 is 29.4 Å². The van der Waals surface area contributed by atoms with Gasteiger partial charge in [-0.25, -0.2) is 0 Å². The second kappa shape index (κ2) is 12.1. The summed E-state index contributed by atoms with van der Waals surface area (Å²) in [7, 11) is 3.45. The minimum Gasteiger partial charge on any atom is -0.465 e. The number of benzene rings is 1. The Morgan fingerprint density at radius 2 is 2.03 bits per heavy atom. The summed E-state index contributed by atoms with van der Waals surface area (Å²) >= 11 is 0. The molecule has 9 nitrogen and oxygen atoms in total. The standard InChI is InChI=1S/C23H34N4O5/c1-16(2)15-32-22(30)13-19-23(31)24-10-11-27(19)21(29)14-25-18-7-5-6-17(12-18)8-9-20(28)26(3)4/h5-7,12,16,19,25H,8-11,13-15H2,1-4H3,(H,24,31). The number of nitrogens with one attached hydrogen (secondary N) is 2. The third kappa shape index (κ3) is 7.86. The van der Waals surface area contributed by atoms with Crippen molar-refractivity contribution in [2.45, 2.75) is 39.2 Å². The summed E-state index contributed by atoms with van der Waals surface area (Å²) in [6, 6.07) is 6.67. The maximum absolute atomic E-state index is 12.8. The predicted molar refractivity (Wildman–Crippen MR) is 121 cm³/mol. The zero-order valence-electron chi connectivity index (χ0n) is 19.3. The van der Waals surface area contributed by atoms with Crippen LogP contribution in [0.5, 0.6) is 0 Å². The second-order valence-corrected chi connectivity index (χ2v) is 8.52. The molecule has 0 spiro atoms. The number of esters is 1. The van der Waals surface area contributed by atoms with E-state index in [1.54, 1.807) is 19.0 Å². The maximum atomic E-state index is 12.8. The number of rotatable bonds is 10. The Kier molecular flexibility index (Phi) is 9.49. The SMILES string of the molecule is CC(C)COC(=O)CC1C(=O)NCCN1C(=O)CNc1cccc(CCC(=O)N(C)C)c1. The molecule has 2 N–H and O–H groups in total. The quantitative estimate of drug-likeness (QED) is 0.520. The van der Waals surface area contributed by atoms with Crippen molar-refractivity contribution in [3.63, 3.8) is 0 Å². The number of amides is 3. The lowest BCUT2D eigenvalue weighted by Gasteiger charge is -2.34. The van der Waals surface area contributed by atoms with Crippen LogP contribution in [-0.4, -0.2) is 79.9 Å². The Morgan fingerprint density at radius 1 is 1.28 bits per heavy atom. The van der Waals surface area contributed by atoms with Gasteiger partial charge in [-0.3, -0.25) is 19.2 Å². The van der Waals surface area contributed by atoms with Crippen LogP contribution in [0.3, 0.4) is 0 Å². The van der Waals surface area contributed by atoms with Gasteiger partial charge in [-0.05, 0) is 30.0 Å². The Morgan fingerprint density at radius 3 is 2.72 bits per heavy atom. The fourth-order valence-corrected chi connectivity index (χ4v) is 3.28. The van der Waals surface area contributed by atoms with E-state index in [1.165, 1.54) is 4.90 Å². The van der Waals surface area contributed by atoms with E-state index < -0.39 is 12.0 Å². The van der Waals surface area contributed by atoms with Gasteiger partial charge in [0.1, 0.15) is 6.04 Å². The number of aryl methyl sites for hydroxylation is 1. The van der Waals surface area contributed by atoms with Gasteiger partial charge < -0.3 is 25.2 Å². The normalized spacial score (nSPS) is 15.8. The Labute approximate surface area is 189 Å². The molecule has 0 aromatic heterocycles. The molecule has 1 heterocycles. The van der Waals surface area contributed by atoms with Crippen LogP contribution in [0.1, 0.15) is 32.3 Å². The molecule has 32 heavy (non-hydrogen) atoms. The predicted octanol–water partition coefficient (Wildman–Crippen LogP) is 1.04. The topological polar surface area (TPSA) is 108 Å². The molecule has 1 unspecified atom stereocenters. The summed E-state index contributed by atoms with van der Waals surface area (Å²) in [6.45, 7) is 4.80. The largest absolute Gasteiger partial charge is 0.465 e. The molecule has 9 heteroatoms. The molecule has 3 amide bonds. The average molecular weight is 447 g/mol. The van der Waals surface area contributed by atoms with Gasteiger partial charge in [0, 0.05) is 39.3 Å². The maximum Gasteiger partial charge on any atom is 0.308 e. The van der Waals surface area contributed by atoms with E-state index in [4.69, 9.17) is 4.74 Å². The second-order valence-electron chi connectivity index (χ2n) is 8.52. The van der Waals surface area contributed by atoms with E-state index in [-0.39, 0.29) is 43.2 Å². The first-order chi connectivity index (χ1) is 15.2. The van der Waals surface area contributed by atoms with Crippen molar-refractivity contribution in [2.75, 3.05) is 45.7 Å². The molecule has 1 fully saturated rings. The summed E-state index contributed by atoms with van der Waals surface area (Å²) in [5.74, 6) is -0.863. The molecular formula is C23H34N4O5. The van der Waals surface area contributed by atoms with E-state index in [0.717, 1.165) is 11.3 Å². The minimum absolute atomic E-state index is 0.00902. The number of ether oxygens (including phenoxy) is 1. The number of carbonyl (C=O) groups excluding carboxylic acids is 4. The van der Waals surface area contributed by atoms with Crippen molar-refractivity contribution in [3.05, 3.63) is 29.8 Å². The van der Waals surface area contributed by atoms with Gasteiger partial charge in [0.2, 0.25) is 17.7 Å². The highest BCUT2D eigenvalue weighted by molar-refractivity contribution is 5.93. The van der Waals surface area contributed by atoms with Gasteiger partial charge >= 0.3 is 5.97 Å². The van der Waals surface area contributed by atoms with Gasteiger partial charge in [-0.15, -0.1) is 0 Å². The van der Waals surface area contributed by atoms with Crippen LogP contribution in [0.2, 0.25) is 0 Å². The van der Waals surface area contributed by atoms with Gasteiger partial charge in [0.25, 0.3) is 0 Å². The van der Waals surface area contributed by atoms with Crippen LogP contribution in [0.4, 0.5) is 5.69 Å². The third-order valence-electron chi connectivity index (χ3n) is 5.09. The zero-order valence-corrected chi connectivity index (χ0v) is 19.3. The molecule has 1 aromatic carbocycles. The molecule has 1 aliphatic rings. The highest BCUT2D eigenvalue weighted by atomic mass is 16.5. The molecular weight excluding hydrogens is 412 g/mol. The van der Waals surface area contributed by atoms with Gasteiger partial charge in [0.05, 0.1) is 19.6 Å². The summed E-state index contributed by atoms with van der Waals surface area (Å²) in [5.41, 5.74) is 1.74. The molecule has 1 aromatic rings. The molecule has 0 bridgehead atoms. The first kappa shape index (κ1) is 25.2. The fraction of sp³-hybridized carbons (Fsp3) is 0.565. The van der Waals surface area contributed by atoms with E-state index in [9.17, 15) is 19.2 Å². The fourth-order valence-electron chi connectivity index (χ4n) is 3.28. The summed E-state index contributed by atoms with van der Waals surface area (Å²) < 4.78 is 5.18. The van der Waals surface area contributed by atoms with Crippen LogP contribution in [0.25, 0.3) is 0 Å². The molecule has 1 aliphatic heterocycles. The number of anilines is 1. The van der Waals surface area contributed by atoms with Gasteiger partial charge in [0.15, 0.2) is 0 Å². The molecule has 1 saturated heterocycles. The molecule has 1 atom stereocenters. The molecule has 2 rings (SSSR count). The molecule has 0 radical (unpaired) electrons. The van der Waals surface area contributed by atoms with Crippen molar-refractivity contribution < 1.29 is 23.9 Å². The van der Waals surface area contributed by atoms with Crippen LogP contribution >= 0.6 is 0 Å². The van der Waals surface area contributed by atoms with Crippen LogP contribution < -0.4 is 10.6 Å². The summed E-state index contributed by atoms with van der Waals surface area (Å²) in [6.07, 6.45) is 0.847. The van der Waals surface area contributed by atoms with E-state index in [1.807, 2.05) is 38.1 Å². The van der Waals surface area contributed by atoms with Gasteiger partial charge in [-0.1, -0.05) is 26.0 Å². The zero-order chi connectivity index (χ0) is 23.7. The first-order valence-corrected chi connectivity index (χ1v) is 10.9. The smallest absolute Gasteiger partial charge is 0.308 e. The van der Waals surface area contributed by atoms with Crippen LogP contribution in [-0.2, 0) is 30.3 Å². The number of hydrogen-bond donors (Lipinski definition) is 2. The lowest BCUT2D eigenvalue weighted by atomic mass is 10.1. The number of carbonyl (C=O) groups is 4. The minimum atomic E-state index is -0.874. The van der Waals surface area contributed by atoms with E-state index in [2.05, 4.69) is 10.6 Å². The van der Waals surface area contributed by atoms with Crippen molar-refractivity contribution in [3.8, 4) is 0 Å². The number of hydrogen-bond acceptors (Lipinski definition) is 6. The van der Waals surface area contributed by atoms with E-state index in [0.29, 0.717) is 25.9 Å². The van der Waals surface area contributed by atoms with E-state index >= 15 is 0 Å². The lowest BCUT2D eigenvalue weighted by Crippen LogP contribution is -2.58. The molecule has 0 aliphatic carbocycles. The Balaban J connectivity index is 1.93. The van der Waals surface area contributed by atoms with Crippen LogP contribution in [0, 0.1) is 5.92 Å². The van der Waals surface area contributed by atoms with Crippen molar-refractivity contribution in [1.29, 1.82) is 0 Å². The summed E-state index contributed by atoms with van der Waals surface area (Å²) in [5, 5.41) is 5.79. The average Bonchev–Trinajstić information content (AvgIpc) is 2.76. The van der Waals surface area contributed by atoms with Crippen molar-refractivity contribution in [2.24, 2.45) is 5.92 Å². The molecule has 0 saturated carbocycles.